The van der Waals surface area contributed by atoms with Crippen molar-refractivity contribution < 1.29 is 25.8 Å². The van der Waals surface area contributed by atoms with Crippen LogP contribution in [0.2, 0.25) is 0 Å². The zero-order chi connectivity index (χ0) is 23.2. The molecule has 0 unspecified atom stereocenters. The summed E-state index contributed by atoms with van der Waals surface area (Å²) < 4.78 is 6.23. The first-order valence-corrected chi connectivity index (χ1v) is 11.1. The summed E-state index contributed by atoms with van der Waals surface area (Å²) >= 11 is 0. The van der Waals surface area contributed by atoms with Crippen molar-refractivity contribution in [3.63, 3.8) is 0 Å². The van der Waals surface area contributed by atoms with Crippen molar-refractivity contribution in [2.24, 2.45) is 0 Å². The Morgan fingerprint density at radius 2 is 1.62 bits per heavy atom. The van der Waals surface area contributed by atoms with Gasteiger partial charge in [0, 0.05) is 22.7 Å². The number of hydrogen-bond donors (Lipinski definition) is 0. The molecule has 5 rings (SSSR count). The van der Waals surface area contributed by atoms with E-state index in [0.717, 1.165) is 22.6 Å². The molecule has 2 aliphatic rings. The molecule has 34 heavy (non-hydrogen) atoms. The zero-order valence-electron chi connectivity index (χ0n) is 20.0. The molecule has 3 aromatic rings. The minimum absolute atomic E-state index is 0. The van der Waals surface area contributed by atoms with Gasteiger partial charge < -0.3 is 24.3 Å². The second-order valence-electron chi connectivity index (χ2n) is 9.07. The van der Waals surface area contributed by atoms with Crippen LogP contribution in [0.4, 0.5) is 17.1 Å². The summed E-state index contributed by atoms with van der Waals surface area (Å²) in [5.41, 5.74) is 5.29. The number of aryl methyl sites for hydroxylation is 1. The summed E-state index contributed by atoms with van der Waals surface area (Å²) in [6, 6.07) is 25.4. The maximum absolute atomic E-state index is 6.23. The smallest absolute Gasteiger partial charge is 0.510 e. The Bertz CT molecular complexity index is 1210. The summed E-state index contributed by atoms with van der Waals surface area (Å²) in [7, 11) is 4.10. The van der Waals surface area contributed by atoms with Crippen LogP contribution in [0, 0.1) is 32.4 Å². The van der Waals surface area contributed by atoms with Crippen molar-refractivity contribution in [1.29, 1.82) is 0 Å². The fraction of sp³-hybridized carbons (Fsp3) is 0.214. The average molecular weight is 632 g/mol. The van der Waals surface area contributed by atoms with Crippen LogP contribution in [0.15, 0.2) is 67.0 Å². The van der Waals surface area contributed by atoms with Gasteiger partial charge in [0.1, 0.15) is 0 Å². The van der Waals surface area contributed by atoms with Gasteiger partial charge in [-0.2, -0.15) is 25.0 Å². The van der Waals surface area contributed by atoms with E-state index in [2.05, 4.69) is 92.8 Å². The molecular formula is C28H28N4OPt. The van der Waals surface area contributed by atoms with E-state index in [0.29, 0.717) is 11.5 Å². The van der Waals surface area contributed by atoms with E-state index >= 15 is 0 Å². The minimum Gasteiger partial charge on any atom is -0.510 e. The number of fused-ring (bicyclic) bond motifs is 1. The maximum Gasteiger partial charge on any atom is 4.00 e. The number of rotatable bonds is 4. The van der Waals surface area contributed by atoms with E-state index in [-0.39, 0.29) is 26.6 Å². The first-order chi connectivity index (χ1) is 15.8. The molecular weight excluding hydrogens is 603 g/mol. The topological polar surface area (TPSA) is 22.2 Å². The number of para-hydroxylation sites is 1. The van der Waals surface area contributed by atoms with E-state index in [9.17, 15) is 0 Å². The van der Waals surface area contributed by atoms with Gasteiger partial charge >= 0.3 is 21.1 Å². The monoisotopic (exact) mass is 631 g/mol. The third kappa shape index (κ3) is 4.60. The van der Waals surface area contributed by atoms with Crippen molar-refractivity contribution >= 4 is 17.1 Å². The van der Waals surface area contributed by atoms with Crippen molar-refractivity contribution in [2.45, 2.75) is 26.3 Å². The van der Waals surface area contributed by atoms with Crippen LogP contribution in [-0.2, 0) is 26.6 Å². The Hall–Kier alpha value is -2.75. The van der Waals surface area contributed by atoms with Crippen LogP contribution < -0.4 is 14.5 Å². The fourth-order valence-electron chi connectivity index (χ4n) is 4.17. The molecule has 0 atom stereocenters. The number of anilines is 3. The first kappa shape index (κ1) is 24.4. The molecule has 0 spiro atoms. The molecule has 0 bridgehead atoms. The summed E-state index contributed by atoms with van der Waals surface area (Å²) in [6.45, 7) is 10.7. The van der Waals surface area contributed by atoms with E-state index in [4.69, 9.17) is 4.74 Å². The van der Waals surface area contributed by atoms with Gasteiger partial charge in [-0.3, -0.25) is 0 Å². The van der Waals surface area contributed by atoms with Gasteiger partial charge in [0.15, 0.2) is 0 Å². The van der Waals surface area contributed by atoms with E-state index in [1.807, 2.05) is 54.1 Å². The molecule has 0 aliphatic carbocycles. The zero-order valence-corrected chi connectivity index (χ0v) is 22.3. The summed E-state index contributed by atoms with van der Waals surface area (Å²) in [5, 5.41) is 0. The quantitative estimate of drug-likeness (QED) is 0.321. The van der Waals surface area contributed by atoms with Crippen LogP contribution in [-0.4, -0.2) is 23.9 Å². The predicted molar refractivity (Wildman–Crippen MR) is 133 cm³/mol. The molecule has 0 saturated heterocycles. The summed E-state index contributed by atoms with van der Waals surface area (Å²) in [6.07, 6.45) is 4.00. The largest absolute Gasteiger partial charge is 4.00 e. The Morgan fingerprint density at radius 1 is 0.853 bits per heavy atom. The number of nitrogens with zero attached hydrogens (tertiary/aromatic N) is 4. The molecule has 176 valence electrons. The molecule has 5 nitrogen and oxygen atoms in total. The maximum atomic E-state index is 6.23. The van der Waals surface area contributed by atoms with Crippen molar-refractivity contribution in [3.8, 4) is 11.5 Å². The molecule has 0 amide bonds. The van der Waals surface area contributed by atoms with Crippen LogP contribution in [0.1, 0.15) is 25.0 Å². The SMILES string of the molecule is Cc1cc(Oc2[c-]c(N3[CH-]N(C)C(C)(C)c4ccccc43)ccc2)[c-]c(N2C=CN(C)[CH-]2)c1.[Pt+4]. The number of hydrogen-bond acceptors (Lipinski definition) is 5. The van der Waals surface area contributed by atoms with Crippen LogP contribution in [0.25, 0.3) is 0 Å². The molecule has 0 saturated carbocycles. The summed E-state index contributed by atoms with van der Waals surface area (Å²) in [4.78, 5) is 8.42. The molecule has 2 heterocycles. The Labute approximate surface area is 217 Å². The molecule has 0 N–H and O–H groups in total. The Balaban J connectivity index is 0.00000274. The average Bonchev–Trinajstić information content (AvgIpc) is 3.23. The van der Waals surface area contributed by atoms with Crippen LogP contribution >= 0.6 is 0 Å². The molecule has 0 radical (unpaired) electrons. The summed E-state index contributed by atoms with van der Waals surface area (Å²) in [5.74, 6) is 1.31. The molecule has 6 heteroatoms. The fourth-order valence-corrected chi connectivity index (χ4v) is 4.17. The normalized spacial score (nSPS) is 16.9. The van der Waals surface area contributed by atoms with Gasteiger partial charge in [0.25, 0.3) is 0 Å². The van der Waals surface area contributed by atoms with Crippen molar-refractivity contribution in [2.75, 3.05) is 23.9 Å². The van der Waals surface area contributed by atoms with Crippen LogP contribution in [0.5, 0.6) is 11.5 Å². The van der Waals surface area contributed by atoms with Gasteiger partial charge in [0.2, 0.25) is 0 Å². The molecule has 0 fully saturated rings. The van der Waals surface area contributed by atoms with Gasteiger partial charge in [-0.05, 0) is 52.0 Å². The van der Waals surface area contributed by atoms with Gasteiger partial charge in [-0.25, -0.2) is 0 Å². The Morgan fingerprint density at radius 3 is 2.38 bits per heavy atom. The third-order valence-corrected chi connectivity index (χ3v) is 6.25. The van der Waals surface area contributed by atoms with E-state index in [1.165, 1.54) is 5.56 Å². The standard InChI is InChI=1S/C28H28N4O.Pt/c1-21-15-23(31-14-13-29(4)19-31)18-25(16-21)33-24-10-8-9-22(17-24)32-20-30(5)28(2,3)26-11-6-7-12-27(26)32;/h6-16,19-20H,1-5H3;/q-4;+4. The van der Waals surface area contributed by atoms with Crippen molar-refractivity contribution in [1.82, 2.24) is 9.80 Å². The predicted octanol–water partition coefficient (Wildman–Crippen LogP) is 6.17. The Kier molecular flexibility index (Phi) is 6.80. The van der Waals surface area contributed by atoms with Crippen molar-refractivity contribution in [3.05, 3.63) is 104 Å². The minimum atomic E-state index is -0.0940. The number of ether oxygens (including phenoxy) is 1. The molecule has 2 aliphatic heterocycles. The third-order valence-electron chi connectivity index (χ3n) is 6.25. The molecule has 3 aromatic carbocycles. The second kappa shape index (κ2) is 9.48. The number of benzene rings is 3. The first-order valence-electron chi connectivity index (χ1n) is 11.1. The van der Waals surface area contributed by atoms with E-state index < -0.39 is 0 Å². The van der Waals surface area contributed by atoms with Gasteiger partial charge in [0.05, 0.1) is 0 Å². The molecule has 0 aromatic heterocycles. The second-order valence-corrected chi connectivity index (χ2v) is 9.07. The van der Waals surface area contributed by atoms with Gasteiger partial charge in [-0.1, -0.05) is 25.1 Å². The van der Waals surface area contributed by atoms with E-state index in [1.54, 1.807) is 0 Å². The van der Waals surface area contributed by atoms with Gasteiger partial charge in [-0.15, -0.1) is 47.8 Å². The van der Waals surface area contributed by atoms with Crippen LogP contribution in [0.3, 0.4) is 0 Å².